The normalized spacial score (nSPS) is 37.4. The molecule has 0 bridgehead atoms. The summed E-state index contributed by atoms with van der Waals surface area (Å²) in [6.07, 6.45) is -2.66. The maximum Gasteiger partial charge on any atom is 0.315 e. The van der Waals surface area contributed by atoms with Crippen LogP contribution < -0.4 is 0 Å². The average Bonchev–Trinajstić information content (AvgIpc) is 2.88. The van der Waals surface area contributed by atoms with Gasteiger partial charge in [0.1, 0.15) is 18.3 Å². The number of carboxylic acids is 1. The number of ether oxygens (including phenoxy) is 4. The Morgan fingerprint density at radius 2 is 2.20 bits per heavy atom. The summed E-state index contributed by atoms with van der Waals surface area (Å²) in [6, 6.07) is -1.37. The first-order valence-electron chi connectivity index (χ1n) is 6.24. The van der Waals surface area contributed by atoms with Crippen molar-refractivity contribution in [3.05, 3.63) is 10.4 Å². The van der Waals surface area contributed by atoms with Crippen LogP contribution in [-0.4, -0.2) is 54.1 Å². The van der Waals surface area contributed by atoms with Gasteiger partial charge >= 0.3 is 5.97 Å². The van der Waals surface area contributed by atoms with E-state index in [2.05, 4.69) is 10.0 Å². The Hall–Kier alpha value is -1.38. The SMILES string of the molecule is CC1O[C@H]([C@H](N=[N+]=[N-])C(=O)O)[C@@H]([C@H]2COC(C)(C)O2)O1. The number of aliphatic carboxylic acids is 1. The van der Waals surface area contributed by atoms with Crippen LogP contribution in [0.4, 0.5) is 0 Å². The molecule has 0 aliphatic carbocycles. The van der Waals surface area contributed by atoms with Crippen molar-refractivity contribution in [2.75, 3.05) is 6.61 Å². The molecule has 0 amide bonds. The molecular weight excluding hydrogens is 270 g/mol. The highest BCUT2D eigenvalue weighted by molar-refractivity contribution is 5.74. The van der Waals surface area contributed by atoms with Gasteiger partial charge in [-0.25, -0.2) is 0 Å². The van der Waals surface area contributed by atoms with Crippen molar-refractivity contribution in [2.24, 2.45) is 5.11 Å². The fraction of sp³-hybridized carbons (Fsp3) is 0.909. The van der Waals surface area contributed by atoms with Crippen LogP contribution in [0.3, 0.4) is 0 Å². The van der Waals surface area contributed by atoms with Crippen molar-refractivity contribution < 1.29 is 28.8 Å². The van der Waals surface area contributed by atoms with Crippen LogP contribution in [-0.2, 0) is 23.7 Å². The average molecular weight is 287 g/mol. The third-order valence-electron chi connectivity index (χ3n) is 3.16. The zero-order valence-corrected chi connectivity index (χ0v) is 11.4. The molecule has 9 nitrogen and oxygen atoms in total. The van der Waals surface area contributed by atoms with Crippen LogP contribution in [0.25, 0.3) is 10.4 Å². The Morgan fingerprint density at radius 3 is 2.70 bits per heavy atom. The maximum atomic E-state index is 11.2. The summed E-state index contributed by atoms with van der Waals surface area (Å²) in [6.45, 7) is 5.41. The van der Waals surface area contributed by atoms with Gasteiger partial charge in [0.05, 0.1) is 6.61 Å². The second-order valence-electron chi connectivity index (χ2n) is 5.12. The molecule has 1 unspecified atom stereocenters. The molecule has 0 aromatic heterocycles. The van der Waals surface area contributed by atoms with E-state index in [-0.39, 0.29) is 6.61 Å². The van der Waals surface area contributed by atoms with E-state index in [1.54, 1.807) is 20.8 Å². The van der Waals surface area contributed by atoms with Crippen molar-refractivity contribution in [2.45, 2.75) is 57.2 Å². The first-order valence-corrected chi connectivity index (χ1v) is 6.24. The molecule has 0 saturated carbocycles. The zero-order valence-electron chi connectivity index (χ0n) is 11.4. The number of carboxylic acid groups (broad SMARTS) is 1. The molecule has 2 aliphatic rings. The summed E-state index contributed by atoms with van der Waals surface area (Å²) in [4.78, 5) is 13.8. The minimum Gasteiger partial charge on any atom is -0.481 e. The summed E-state index contributed by atoms with van der Waals surface area (Å²) >= 11 is 0. The van der Waals surface area contributed by atoms with Crippen molar-refractivity contribution in [3.63, 3.8) is 0 Å². The number of azide groups is 1. The summed E-state index contributed by atoms with van der Waals surface area (Å²) in [5.74, 6) is -2.03. The zero-order chi connectivity index (χ0) is 14.9. The second kappa shape index (κ2) is 5.55. The monoisotopic (exact) mass is 287 g/mol. The van der Waals surface area contributed by atoms with Crippen molar-refractivity contribution in [3.8, 4) is 0 Å². The lowest BCUT2D eigenvalue weighted by Gasteiger charge is -2.25. The predicted molar refractivity (Wildman–Crippen MR) is 64.7 cm³/mol. The maximum absolute atomic E-state index is 11.2. The summed E-state index contributed by atoms with van der Waals surface area (Å²) < 4.78 is 22.1. The molecule has 20 heavy (non-hydrogen) atoms. The van der Waals surface area contributed by atoms with Gasteiger partial charge in [-0.15, -0.1) is 0 Å². The second-order valence-corrected chi connectivity index (χ2v) is 5.12. The molecule has 2 aliphatic heterocycles. The molecular formula is C11H17N3O6. The lowest BCUT2D eigenvalue weighted by Crippen LogP contribution is -2.46. The molecule has 0 aromatic carbocycles. The third kappa shape index (κ3) is 3.02. The predicted octanol–water partition coefficient (Wildman–Crippen LogP) is 1.03. The van der Waals surface area contributed by atoms with E-state index in [9.17, 15) is 4.79 Å². The van der Waals surface area contributed by atoms with E-state index in [0.717, 1.165) is 0 Å². The first kappa shape index (κ1) is 15.0. The molecule has 112 valence electrons. The fourth-order valence-corrected chi connectivity index (χ4v) is 2.37. The number of carbonyl (C=O) groups is 1. The smallest absolute Gasteiger partial charge is 0.315 e. The fourth-order valence-electron chi connectivity index (χ4n) is 2.37. The third-order valence-corrected chi connectivity index (χ3v) is 3.16. The number of hydrogen-bond acceptors (Lipinski definition) is 6. The Labute approximate surface area is 115 Å². The van der Waals surface area contributed by atoms with Crippen LogP contribution in [0, 0.1) is 0 Å². The minimum absolute atomic E-state index is 0.257. The summed E-state index contributed by atoms with van der Waals surface area (Å²) in [5, 5.41) is 12.4. The molecule has 5 atom stereocenters. The van der Waals surface area contributed by atoms with Gasteiger partial charge in [-0.2, -0.15) is 0 Å². The van der Waals surface area contributed by atoms with Gasteiger partial charge in [0.2, 0.25) is 0 Å². The largest absolute Gasteiger partial charge is 0.481 e. The van der Waals surface area contributed by atoms with Crippen molar-refractivity contribution in [1.29, 1.82) is 0 Å². The van der Waals surface area contributed by atoms with E-state index in [1.807, 2.05) is 0 Å². The molecule has 2 rings (SSSR count). The molecule has 2 fully saturated rings. The highest BCUT2D eigenvalue weighted by atomic mass is 16.8. The number of hydrogen-bond donors (Lipinski definition) is 1. The molecule has 1 N–H and O–H groups in total. The van der Waals surface area contributed by atoms with E-state index in [1.165, 1.54) is 0 Å². The summed E-state index contributed by atoms with van der Waals surface area (Å²) in [5.41, 5.74) is 8.49. The lowest BCUT2D eigenvalue weighted by atomic mass is 10.0. The van der Waals surface area contributed by atoms with Gasteiger partial charge in [-0.3, -0.25) is 4.79 Å². The van der Waals surface area contributed by atoms with E-state index < -0.39 is 42.4 Å². The van der Waals surface area contributed by atoms with Crippen molar-refractivity contribution >= 4 is 5.97 Å². The van der Waals surface area contributed by atoms with Crippen LogP contribution in [0.5, 0.6) is 0 Å². The number of rotatable bonds is 4. The lowest BCUT2D eigenvalue weighted by molar-refractivity contribution is -0.156. The Bertz CT molecular complexity index is 434. The van der Waals surface area contributed by atoms with Crippen LogP contribution in [0.2, 0.25) is 0 Å². The van der Waals surface area contributed by atoms with Gasteiger partial charge in [-0.1, -0.05) is 5.11 Å². The standard InChI is InChI=1S/C11H17N3O6/c1-5-18-8(6-4-17-11(2,3)20-6)9(19-5)7(10(15)16)13-14-12/h5-9H,4H2,1-3H3,(H,15,16)/t5?,6-,7+,8-,9-/m1/s1. The van der Waals surface area contributed by atoms with Crippen molar-refractivity contribution in [1.82, 2.24) is 0 Å². The quantitative estimate of drug-likeness (QED) is 0.468. The van der Waals surface area contributed by atoms with Crippen LogP contribution >= 0.6 is 0 Å². The Morgan fingerprint density at radius 1 is 1.50 bits per heavy atom. The summed E-state index contributed by atoms with van der Waals surface area (Å²) in [7, 11) is 0. The van der Waals surface area contributed by atoms with Gasteiger partial charge in [0.25, 0.3) is 0 Å². The topological polar surface area (TPSA) is 123 Å². The van der Waals surface area contributed by atoms with Gasteiger partial charge in [0, 0.05) is 4.91 Å². The Balaban J connectivity index is 2.18. The van der Waals surface area contributed by atoms with Gasteiger partial charge in [0.15, 0.2) is 18.1 Å². The Kier molecular flexibility index (Phi) is 4.17. The highest BCUT2D eigenvalue weighted by Gasteiger charge is 2.50. The molecule has 0 radical (unpaired) electrons. The van der Waals surface area contributed by atoms with Gasteiger partial charge < -0.3 is 24.1 Å². The minimum atomic E-state index is -1.37. The molecule has 2 heterocycles. The van der Waals surface area contributed by atoms with E-state index >= 15 is 0 Å². The molecule has 9 heteroatoms. The van der Waals surface area contributed by atoms with Crippen LogP contribution in [0.1, 0.15) is 20.8 Å². The van der Waals surface area contributed by atoms with Gasteiger partial charge in [-0.05, 0) is 26.3 Å². The molecule has 0 aromatic rings. The molecule has 2 saturated heterocycles. The number of nitrogens with zero attached hydrogens (tertiary/aromatic N) is 3. The molecule has 0 spiro atoms. The van der Waals surface area contributed by atoms with Crippen LogP contribution in [0.15, 0.2) is 5.11 Å². The highest BCUT2D eigenvalue weighted by Crippen LogP contribution is 2.33. The van der Waals surface area contributed by atoms with E-state index in [4.69, 9.17) is 29.6 Å². The van der Waals surface area contributed by atoms with E-state index in [0.29, 0.717) is 0 Å². The first-order chi connectivity index (χ1) is 9.34.